The fourth-order valence-corrected chi connectivity index (χ4v) is 4.65. The molecule has 1 amide bonds. The zero-order chi connectivity index (χ0) is 26.4. The molecular weight excluding hydrogens is 558 g/mol. The lowest BCUT2D eigenvalue weighted by Gasteiger charge is -2.13. The van der Waals surface area contributed by atoms with Crippen LogP contribution in [0, 0.1) is 5.92 Å². The molecule has 10 heteroatoms. The zero-order valence-corrected chi connectivity index (χ0v) is 23.0. The highest BCUT2D eigenvalue weighted by atomic mass is 79.9. The lowest BCUT2D eigenvalue weighted by Crippen LogP contribution is -2.28. The Labute approximate surface area is 227 Å². The smallest absolute Gasteiger partial charge is 0.267 e. The summed E-state index contributed by atoms with van der Waals surface area (Å²) in [5, 5.41) is 19.2. The van der Waals surface area contributed by atoms with Crippen molar-refractivity contribution < 1.29 is 23.8 Å². The molecule has 2 aromatic carbocycles. The molecule has 1 aromatic heterocycles. The molecular formula is C27H26BrN3O5S. The van der Waals surface area contributed by atoms with Gasteiger partial charge in [0.05, 0.1) is 37.6 Å². The molecule has 37 heavy (non-hydrogen) atoms. The average Bonchev–Trinajstić information content (AvgIpc) is 3.49. The average molecular weight is 584 g/mol. The molecule has 0 radical (unpaired) electrons. The largest absolute Gasteiger partial charge is 0.507 e. The van der Waals surface area contributed by atoms with Crippen molar-refractivity contribution in [3.8, 4) is 17.2 Å². The first-order chi connectivity index (χ1) is 17.8. The lowest BCUT2D eigenvalue weighted by atomic mass is 10.2. The molecule has 0 saturated carbocycles. The second kappa shape index (κ2) is 12.2. The molecule has 0 aliphatic carbocycles. The molecule has 8 nitrogen and oxygen atoms in total. The van der Waals surface area contributed by atoms with Crippen molar-refractivity contribution in [2.75, 3.05) is 13.7 Å². The van der Waals surface area contributed by atoms with Crippen molar-refractivity contribution in [3.63, 3.8) is 0 Å². The Kier molecular flexibility index (Phi) is 8.73. The number of nitrogens with zero attached hydrogens (tertiary/aromatic N) is 3. The summed E-state index contributed by atoms with van der Waals surface area (Å²) in [6.45, 7) is 4.94. The maximum absolute atomic E-state index is 13.2. The van der Waals surface area contributed by atoms with Crippen LogP contribution < -0.4 is 9.47 Å². The number of benzene rings is 2. The number of furan rings is 1. The summed E-state index contributed by atoms with van der Waals surface area (Å²) in [6, 6.07) is 14.1. The van der Waals surface area contributed by atoms with E-state index in [4.69, 9.17) is 13.9 Å². The maximum Gasteiger partial charge on any atom is 0.267 e. The molecule has 1 N–H and O–H groups in total. The van der Waals surface area contributed by atoms with Gasteiger partial charge in [-0.3, -0.25) is 9.69 Å². The monoisotopic (exact) mass is 583 g/mol. The van der Waals surface area contributed by atoms with Crippen molar-refractivity contribution in [1.29, 1.82) is 0 Å². The molecule has 1 fully saturated rings. The minimum absolute atomic E-state index is 0.0693. The van der Waals surface area contributed by atoms with Gasteiger partial charge in [0.2, 0.25) is 0 Å². The van der Waals surface area contributed by atoms with E-state index in [9.17, 15) is 9.90 Å². The third kappa shape index (κ3) is 6.84. The third-order valence-corrected chi connectivity index (χ3v) is 6.66. The number of hydrogen-bond donors (Lipinski definition) is 1. The number of carbonyl (C=O) groups excluding carboxylic acids is 1. The van der Waals surface area contributed by atoms with Crippen LogP contribution in [0.2, 0.25) is 0 Å². The number of methoxy groups -OCH3 is 1. The van der Waals surface area contributed by atoms with Crippen LogP contribution in [0.4, 0.5) is 0 Å². The highest BCUT2D eigenvalue weighted by molar-refractivity contribution is 9.10. The number of amidine groups is 1. The first-order valence-corrected chi connectivity index (χ1v) is 13.1. The quantitative estimate of drug-likeness (QED) is 0.180. The van der Waals surface area contributed by atoms with Gasteiger partial charge in [-0.1, -0.05) is 29.8 Å². The van der Waals surface area contributed by atoms with E-state index >= 15 is 0 Å². The predicted octanol–water partition coefficient (Wildman–Crippen LogP) is 6.30. The van der Waals surface area contributed by atoms with E-state index in [2.05, 4.69) is 40.0 Å². The molecule has 1 saturated heterocycles. The summed E-state index contributed by atoms with van der Waals surface area (Å²) < 4.78 is 17.5. The number of phenolic OH excluding ortho intramolecular Hbond substituents is 1. The first kappa shape index (κ1) is 26.6. The minimum Gasteiger partial charge on any atom is -0.507 e. The molecule has 2 heterocycles. The number of carbonyl (C=O) groups is 1. The van der Waals surface area contributed by atoms with E-state index in [-0.39, 0.29) is 18.2 Å². The summed E-state index contributed by atoms with van der Waals surface area (Å²) in [6.07, 6.45) is 4.77. The van der Waals surface area contributed by atoms with Gasteiger partial charge < -0.3 is 19.0 Å². The number of ether oxygens (including phenoxy) is 2. The van der Waals surface area contributed by atoms with Crippen LogP contribution in [0.3, 0.4) is 0 Å². The highest BCUT2D eigenvalue weighted by Crippen LogP contribution is 2.36. The number of amides is 1. The number of hydrogen-bond acceptors (Lipinski definition) is 8. The number of halogens is 1. The van der Waals surface area contributed by atoms with Crippen molar-refractivity contribution in [1.82, 2.24) is 4.90 Å². The summed E-state index contributed by atoms with van der Waals surface area (Å²) in [5.74, 6) is 2.07. The van der Waals surface area contributed by atoms with Crippen molar-refractivity contribution >= 4 is 51.1 Å². The summed E-state index contributed by atoms with van der Waals surface area (Å²) >= 11 is 4.57. The van der Waals surface area contributed by atoms with Crippen LogP contribution in [0.15, 0.2) is 78.8 Å². The molecule has 4 rings (SSSR count). The Bertz CT molecular complexity index is 1350. The van der Waals surface area contributed by atoms with E-state index in [1.807, 2.05) is 18.2 Å². The Morgan fingerprint density at radius 2 is 2.03 bits per heavy atom. The van der Waals surface area contributed by atoms with E-state index in [0.717, 1.165) is 10.0 Å². The highest BCUT2D eigenvalue weighted by Gasteiger charge is 2.34. The lowest BCUT2D eigenvalue weighted by molar-refractivity contribution is -0.122. The van der Waals surface area contributed by atoms with Crippen LogP contribution in [-0.2, 0) is 11.3 Å². The summed E-state index contributed by atoms with van der Waals surface area (Å²) in [5.41, 5.74) is 1.28. The number of aromatic hydroxyl groups is 1. The van der Waals surface area contributed by atoms with Gasteiger partial charge in [0.25, 0.3) is 5.91 Å². The standard InChI is InChI=1S/C27H26BrN3O5S/c1-17(2)16-36-23-9-6-18(11-24(23)34-3)14-29-30-27-31(15-21-5-4-10-35-21)26(33)25(37-27)13-19-12-20(28)7-8-22(19)32/h4-14,17,32H,15-16H2,1-3H3/b25-13-,29-14-,30-27+. The zero-order valence-electron chi connectivity index (χ0n) is 20.6. The fourth-order valence-electron chi connectivity index (χ4n) is 3.35. The predicted molar refractivity (Wildman–Crippen MR) is 149 cm³/mol. The van der Waals surface area contributed by atoms with Crippen LogP contribution in [-0.4, -0.2) is 41.0 Å². The van der Waals surface area contributed by atoms with Gasteiger partial charge in [-0.15, -0.1) is 5.10 Å². The first-order valence-electron chi connectivity index (χ1n) is 11.5. The van der Waals surface area contributed by atoms with Gasteiger partial charge in [-0.25, -0.2) is 0 Å². The molecule has 0 unspecified atom stereocenters. The van der Waals surface area contributed by atoms with Gasteiger partial charge in [-0.2, -0.15) is 5.10 Å². The molecule has 192 valence electrons. The molecule has 1 aliphatic heterocycles. The van der Waals surface area contributed by atoms with Gasteiger partial charge in [-0.05, 0) is 77.9 Å². The normalized spacial score (nSPS) is 16.0. The van der Waals surface area contributed by atoms with Gasteiger partial charge in [0, 0.05) is 10.0 Å². The molecule has 3 aromatic rings. The Morgan fingerprint density at radius 3 is 2.76 bits per heavy atom. The SMILES string of the molecule is COc1cc(/C=N\N=C2\S/C(=C\c3cc(Br)ccc3O)C(=O)N2Cc2ccco2)ccc1OCC(C)C. The summed E-state index contributed by atoms with van der Waals surface area (Å²) in [4.78, 5) is 15.1. The van der Waals surface area contributed by atoms with Crippen molar-refractivity contribution in [2.45, 2.75) is 20.4 Å². The van der Waals surface area contributed by atoms with Gasteiger partial charge in [0.1, 0.15) is 11.5 Å². The Hall–Kier alpha value is -3.50. The Morgan fingerprint density at radius 1 is 1.19 bits per heavy atom. The maximum atomic E-state index is 13.2. The molecule has 0 atom stereocenters. The van der Waals surface area contributed by atoms with E-state index < -0.39 is 0 Å². The third-order valence-electron chi connectivity index (χ3n) is 5.17. The molecule has 0 spiro atoms. The second-order valence-corrected chi connectivity index (χ2v) is 10.5. The fraction of sp³-hybridized carbons (Fsp3) is 0.222. The number of phenols is 1. The minimum atomic E-state index is -0.261. The Balaban J connectivity index is 1.59. The number of thioether (sulfide) groups is 1. The van der Waals surface area contributed by atoms with E-state index in [1.54, 1.807) is 56.0 Å². The van der Waals surface area contributed by atoms with Crippen LogP contribution in [0.1, 0.15) is 30.7 Å². The topological polar surface area (TPSA) is 96.9 Å². The molecule has 0 bridgehead atoms. The van der Waals surface area contributed by atoms with Crippen LogP contribution in [0.5, 0.6) is 17.2 Å². The van der Waals surface area contributed by atoms with E-state index in [0.29, 0.717) is 45.4 Å². The van der Waals surface area contributed by atoms with Gasteiger partial charge in [0.15, 0.2) is 16.7 Å². The van der Waals surface area contributed by atoms with Gasteiger partial charge >= 0.3 is 0 Å². The van der Waals surface area contributed by atoms with Crippen molar-refractivity contribution in [2.24, 2.45) is 16.1 Å². The summed E-state index contributed by atoms with van der Waals surface area (Å²) in [7, 11) is 1.59. The number of rotatable bonds is 9. The molecule has 1 aliphatic rings. The second-order valence-electron chi connectivity index (χ2n) is 8.53. The van der Waals surface area contributed by atoms with Crippen LogP contribution in [0.25, 0.3) is 6.08 Å². The van der Waals surface area contributed by atoms with E-state index in [1.165, 1.54) is 16.7 Å². The van der Waals surface area contributed by atoms with Crippen molar-refractivity contribution in [3.05, 3.63) is 81.1 Å². The van der Waals surface area contributed by atoms with Crippen LogP contribution >= 0.6 is 27.7 Å².